The van der Waals surface area contributed by atoms with Crippen LogP contribution in [-0.4, -0.2) is 24.1 Å². The zero-order chi connectivity index (χ0) is 13.0. The molecular formula is C13H12N4O. The van der Waals surface area contributed by atoms with Crippen molar-refractivity contribution in [3.05, 3.63) is 42.4 Å². The Hall–Kier alpha value is -2.61. The predicted molar refractivity (Wildman–Crippen MR) is 67.6 cm³/mol. The quantitative estimate of drug-likeness (QED) is 0.823. The maximum Gasteiger partial charge on any atom is 0.256 e. The van der Waals surface area contributed by atoms with Crippen molar-refractivity contribution in [3.63, 3.8) is 0 Å². The Morgan fingerprint density at radius 3 is 2.72 bits per heavy atom. The van der Waals surface area contributed by atoms with Crippen molar-refractivity contribution in [2.75, 3.05) is 19.0 Å². The monoisotopic (exact) mass is 240 g/mol. The lowest BCUT2D eigenvalue weighted by molar-refractivity contribution is 0.458. The third-order valence-corrected chi connectivity index (χ3v) is 2.32. The van der Waals surface area contributed by atoms with E-state index in [-0.39, 0.29) is 11.6 Å². The maximum absolute atomic E-state index is 8.90. The van der Waals surface area contributed by atoms with Gasteiger partial charge in [0, 0.05) is 38.2 Å². The van der Waals surface area contributed by atoms with E-state index < -0.39 is 0 Å². The highest BCUT2D eigenvalue weighted by molar-refractivity contribution is 5.50. The van der Waals surface area contributed by atoms with E-state index in [4.69, 9.17) is 10.00 Å². The van der Waals surface area contributed by atoms with Crippen LogP contribution < -0.4 is 9.64 Å². The van der Waals surface area contributed by atoms with Gasteiger partial charge >= 0.3 is 0 Å². The van der Waals surface area contributed by atoms with Crippen molar-refractivity contribution in [2.24, 2.45) is 0 Å². The minimum Gasteiger partial charge on any atom is -0.436 e. The first-order valence-electron chi connectivity index (χ1n) is 5.37. The lowest BCUT2D eigenvalue weighted by atomic mass is 10.3. The second-order valence-corrected chi connectivity index (χ2v) is 3.82. The maximum atomic E-state index is 8.90. The van der Waals surface area contributed by atoms with Gasteiger partial charge in [0.1, 0.15) is 11.8 Å². The zero-order valence-electron chi connectivity index (χ0n) is 10.2. The number of nitrogens with zero attached hydrogens (tertiary/aromatic N) is 4. The molecule has 0 spiro atoms. The van der Waals surface area contributed by atoms with Crippen molar-refractivity contribution in [2.45, 2.75) is 0 Å². The molecule has 2 rings (SSSR count). The van der Waals surface area contributed by atoms with Gasteiger partial charge in [0.25, 0.3) is 5.88 Å². The molecule has 0 atom stereocenters. The molecule has 1 aromatic heterocycles. The Labute approximate surface area is 105 Å². The van der Waals surface area contributed by atoms with Gasteiger partial charge in [-0.1, -0.05) is 6.07 Å². The van der Waals surface area contributed by atoms with E-state index in [0.717, 1.165) is 5.69 Å². The molecule has 18 heavy (non-hydrogen) atoms. The summed E-state index contributed by atoms with van der Waals surface area (Å²) in [6, 6.07) is 9.47. The highest BCUT2D eigenvalue weighted by Gasteiger charge is 2.07. The number of aromatic nitrogens is 2. The van der Waals surface area contributed by atoms with Crippen molar-refractivity contribution >= 4 is 5.69 Å². The molecule has 0 amide bonds. The second-order valence-electron chi connectivity index (χ2n) is 3.82. The van der Waals surface area contributed by atoms with Crippen LogP contribution in [0.4, 0.5) is 5.69 Å². The van der Waals surface area contributed by atoms with Crippen LogP contribution in [-0.2, 0) is 0 Å². The van der Waals surface area contributed by atoms with E-state index in [0.29, 0.717) is 5.75 Å². The minimum absolute atomic E-state index is 0.174. The number of rotatable bonds is 3. The smallest absolute Gasteiger partial charge is 0.256 e. The fraction of sp³-hybridized carbons (Fsp3) is 0.154. The van der Waals surface area contributed by atoms with Crippen molar-refractivity contribution < 1.29 is 4.74 Å². The van der Waals surface area contributed by atoms with Crippen LogP contribution in [0.2, 0.25) is 0 Å². The van der Waals surface area contributed by atoms with Gasteiger partial charge in [-0.05, 0) is 12.1 Å². The van der Waals surface area contributed by atoms with Crippen LogP contribution in [0.15, 0.2) is 36.7 Å². The molecule has 0 saturated carbocycles. The van der Waals surface area contributed by atoms with Crippen LogP contribution >= 0.6 is 0 Å². The summed E-state index contributed by atoms with van der Waals surface area (Å²) in [5.41, 5.74) is 1.18. The van der Waals surface area contributed by atoms with Crippen LogP contribution in [0.5, 0.6) is 11.6 Å². The van der Waals surface area contributed by atoms with Crippen LogP contribution in [0, 0.1) is 11.3 Å². The van der Waals surface area contributed by atoms with Gasteiger partial charge in [0.15, 0.2) is 0 Å². The summed E-state index contributed by atoms with van der Waals surface area (Å²) >= 11 is 0. The molecule has 0 saturated heterocycles. The second kappa shape index (κ2) is 5.15. The van der Waals surface area contributed by atoms with E-state index in [2.05, 4.69) is 9.97 Å². The molecule has 5 nitrogen and oxygen atoms in total. The Kier molecular flexibility index (Phi) is 3.39. The molecule has 1 aromatic carbocycles. The summed E-state index contributed by atoms with van der Waals surface area (Å²) in [4.78, 5) is 9.86. The Balaban J connectivity index is 2.29. The summed E-state index contributed by atoms with van der Waals surface area (Å²) < 4.78 is 5.57. The molecule has 0 aliphatic heterocycles. The van der Waals surface area contributed by atoms with E-state index in [1.807, 2.05) is 49.3 Å². The van der Waals surface area contributed by atoms with Crippen molar-refractivity contribution in [1.82, 2.24) is 9.97 Å². The van der Waals surface area contributed by atoms with Gasteiger partial charge in [0.05, 0.1) is 0 Å². The normalized spacial score (nSPS) is 9.61. The summed E-state index contributed by atoms with van der Waals surface area (Å²) in [6.45, 7) is 0. The highest BCUT2D eigenvalue weighted by Crippen LogP contribution is 2.24. The van der Waals surface area contributed by atoms with Gasteiger partial charge in [-0.25, -0.2) is 9.97 Å². The largest absolute Gasteiger partial charge is 0.436 e. The first kappa shape index (κ1) is 11.9. The zero-order valence-corrected chi connectivity index (χ0v) is 10.2. The van der Waals surface area contributed by atoms with Crippen LogP contribution in [0.25, 0.3) is 0 Å². The van der Waals surface area contributed by atoms with Crippen molar-refractivity contribution in [1.29, 1.82) is 5.26 Å². The molecule has 2 aromatic rings. The lowest BCUT2D eigenvalue weighted by Gasteiger charge is -2.13. The SMILES string of the molecule is CN(C)c1cccc(Oc2nccnc2C#N)c1. The Bertz CT molecular complexity index is 590. The Morgan fingerprint density at radius 1 is 1.22 bits per heavy atom. The number of benzene rings is 1. The van der Waals surface area contributed by atoms with E-state index in [1.54, 1.807) is 0 Å². The molecule has 0 unspecified atom stereocenters. The average Bonchev–Trinajstić information content (AvgIpc) is 2.39. The average molecular weight is 240 g/mol. The number of hydrogen-bond acceptors (Lipinski definition) is 5. The van der Waals surface area contributed by atoms with Gasteiger partial charge in [-0.3, -0.25) is 0 Å². The van der Waals surface area contributed by atoms with Crippen molar-refractivity contribution in [3.8, 4) is 17.7 Å². The third kappa shape index (κ3) is 2.55. The highest BCUT2D eigenvalue weighted by atomic mass is 16.5. The summed E-state index contributed by atoms with van der Waals surface area (Å²) in [6.07, 6.45) is 2.95. The molecule has 5 heteroatoms. The van der Waals surface area contributed by atoms with Gasteiger partial charge < -0.3 is 9.64 Å². The van der Waals surface area contributed by atoms with Gasteiger partial charge in [-0.2, -0.15) is 5.26 Å². The first-order valence-corrected chi connectivity index (χ1v) is 5.37. The molecular weight excluding hydrogens is 228 g/mol. The fourth-order valence-corrected chi connectivity index (χ4v) is 1.41. The van der Waals surface area contributed by atoms with Gasteiger partial charge in [-0.15, -0.1) is 0 Å². The molecule has 0 fully saturated rings. The first-order chi connectivity index (χ1) is 8.70. The predicted octanol–water partition coefficient (Wildman–Crippen LogP) is 2.21. The summed E-state index contributed by atoms with van der Waals surface area (Å²) in [5, 5.41) is 8.90. The number of hydrogen-bond donors (Lipinski definition) is 0. The molecule has 90 valence electrons. The van der Waals surface area contributed by atoms with Crippen LogP contribution in [0.1, 0.15) is 5.69 Å². The van der Waals surface area contributed by atoms with Gasteiger partial charge in [0.2, 0.25) is 5.69 Å². The number of nitriles is 1. The minimum atomic E-state index is 0.174. The molecule has 0 aliphatic carbocycles. The fourth-order valence-electron chi connectivity index (χ4n) is 1.41. The number of ether oxygens (including phenoxy) is 1. The molecule has 0 bridgehead atoms. The third-order valence-electron chi connectivity index (χ3n) is 2.32. The standard InChI is InChI=1S/C13H12N4O/c1-17(2)10-4-3-5-11(8-10)18-13-12(9-14)15-6-7-16-13/h3-8H,1-2H3. The summed E-state index contributed by atoms with van der Waals surface area (Å²) in [5.74, 6) is 0.842. The van der Waals surface area contributed by atoms with E-state index in [9.17, 15) is 0 Å². The molecule has 0 aliphatic rings. The van der Waals surface area contributed by atoms with E-state index >= 15 is 0 Å². The topological polar surface area (TPSA) is 62.0 Å². The van der Waals surface area contributed by atoms with E-state index in [1.165, 1.54) is 12.4 Å². The molecule has 1 heterocycles. The lowest BCUT2D eigenvalue weighted by Crippen LogP contribution is -2.08. The molecule has 0 N–H and O–H groups in total. The van der Waals surface area contributed by atoms with Crippen LogP contribution in [0.3, 0.4) is 0 Å². The Morgan fingerprint density at radius 2 is 2.00 bits per heavy atom. The number of anilines is 1. The summed E-state index contributed by atoms with van der Waals surface area (Å²) in [7, 11) is 3.89. The molecule has 0 radical (unpaired) electrons.